The van der Waals surface area contributed by atoms with E-state index in [4.69, 9.17) is 0 Å². The van der Waals surface area contributed by atoms with Crippen LogP contribution in [0, 0.1) is 18.3 Å². The molecule has 1 aromatic rings. The van der Waals surface area contributed by atoms with Crippen molar-refractivity contribution in [2.24, 2.45) is 0 Å². The average molecular weight is 212 g/mol. The van der Waals surface area contributed by atoms with E-state index in [1.807, 2.05) is 0 Å². The summed E-state index contributed by atoms with van der Waals surface area (Å²) in [6.45, 7) is 0. The van der Waals surface area contributed by atoms with Gasteiger partial charge >= 0.3 is 12.4 Å². The summed E-state index contributed by atoms with van der Waals surface area (Å²) in [6, 6.07) is 2.48. The Balaban J connectivity index is 3.15. The van der Waals surface area contributed by atoms with E-state index in [-0.39, 0.29) is 0 Å². The Morgan fingerprint density at radius 3 is 1.93 bits per heavy atom. The van der Waals surface area contributed by atoms with Gasteiger partial charge in [-0.3, -0.25) is 0 Å². The van der Waals surface area contributed by atoms with Gasteiger partial charge in [0.2, 0.25) is 0 Å². The van der Waals surface area contributed by atoms with Crippen LogP contribution in [0.15, 0.2) is 0 Å². The number of halogens is 6. The lowest BCUT2D eigenvalue weighted by atomic mass is 10.2. The minimum atomic E-state index is -4.97. The number of hydrogen-bond donors (Lipinski definition) is 0. The average Bonchev–Trinajstić information content (AvgIpc) is 2.01. The molecule has 0 fully saturated rings. The first-order valence-corrected chi connectivity index (χ1v) is 3.08. The van der Waals surface area contributed by atoms with Crippen LogP contribution in [-0.2, 0) is 12.4 Å². The van der Waals surface area contributed by atoms with Gasteiger partial charge in [-0.25, -0.2) is 4.98 Å². The Labute approximate surface area is 74.4 Å². The molecule has 0 aliphatic heterocycles. The molecule has 0 atom stereocenters. The van der Waals surface area contributed by atoms with Crippen molar-refractivity contribution in [1.82, 2.24) is 4.98 Å². The first kappa shape index (κ1) is 10.8. The van der Waals surface area contributed by atoms with Gasteiger partial charge in [0.05, 0.1) is 11.8 Å². The molecule has 0 aliphatic rings. The summed E-state index contributed by atoms with van der Waals surface area (Å²) >= 11 is 0. The first-order valence-electron chi connectivity index (χ1n) is 3.08. The third kappa shape index (κ3) is 2.36. The Hall–Kier alpha value is -1.27. The second-order valence-corrected chi connectivity index (χ2v) is 2.19. The topological polar surface area (TPSA) is 12.9 Å². The van der Waals surface area contributed by atoms with Gasteiger partial charge < -0.3 is 0 Å². The van der Waals surface area contributed by atoms with Crippen molar-refractivity contribution < 1.29 is 26.3 Å². The van der Waals surface area contributed by atoms with Gasteiger partial charge in [-0.15, -0.1) is 0 Å². The fraction of sp³-hybridized carbons (Fsp3) is 0.286. The van der Waals surface area contributed by atoms with Crippen molar-refractivity contribution in [2.75, 3.05) is 0 Å². The van der Waals surface area contributed by atoms with E-state index in [2.05, 4.69) is 4.98 Å². The lowest BCUT2D eigenvalue weighted by molar-refractivity contribution is -0.146. The zero-order valence-electron chi connectivity index (χ0n) is 6.22. The van der Waals surface area contributed by atoms with E-state index in [1.165, 1.54) is 12.3 Å². The van der Waals surface area contributed by atoms with Crippen molar-refractivity contribution in [1.29, 1.82) is 0 Å². The minimum Gasteiger partial charge on any atom is -0.240 e. The molecule has 0 unspecified atom stereocenters. The number of rotatable bonds is 0. The number of pyridine rings is 1. The maximum Gasteiger partial charge on any atom is 0.434 e. The summed E-state index contributed by atoms with van der Waals surface area (Å²) in [5.74, 6) is 0. The molecular formula is C7F6N. The Kier molecular flexibility index (Phi) is 2.43. The van der Waals surface area contributed by atoms with Gasteiger partial charge in [-0.2, -0.15) is 26.3 Å². The smallest absolute Gasteiger partial charge is 0.240 e. The Morgan fingerprint density at radius 2 is 1.50 bits per heavy atom. The quantitative estimate of drug-likeness (QED) is 0.602. The second-order valence-electron chi connectivity index (χ2n) is 2.19. The van der Waals surface area contributed by atoms with Crippen LogP contribution in [0.2, 0.25) is 0 Å². The van der Waals surface area contributed by atoms with Gasteiger partial charge in [-0.1, -0.05) is 0 Å². The highest BCUT2D eigenvalue weighted by Crippen LogP contribution is 2.32. The van der Waals surface area contributed by atoms with Crippen LogP contribution in [0.25, 0.3) is 0 Å². The van der Waals surface area contributed by atoms with Crippen LogP contribution in [0.5, 0.6) is 0 Å². The molecule has 75 valence electrons. The van der Waals surface area contributed by atoms with E-state index >= 15 is 0 Å². The standard InChI is InChI=1S/C7F6N/c8-6(9,10)4-1-2-14-5(3-4)7(11,12)13. The SMILES string of the molecule is FC(F)(F)c1[c][c]nc(C(F)(F)F)[c]1. The molecule has 0 N–H and O–H groups in total. The van der Waals surface area contributed by atoms with Crippen LogP contribution in [0.3, 0.4) is 0 Å². The first-order chi connectivity index (χ1) is 6.21. The van der Waals surface area contributed by atoms with Crippen molar-refractivity contribution in [2.45, 2.75) is 12.4 Å². The van der Waals surface area contributed by atoms with Gasteiger partial charge in [0.15, 0.2) is 5.69 Å². The molecule has 3 radical (unpaired) electrons. The fourth-order valence-corrected chi connectivity index (χ4v) is 0.593. The molecule has 1 aromatic heterocycles. The predicted molar refractivity (Wildman–Crippen MR) is 30.7 cm³/mol. The van der Waals surface area contributed by atoms with Gasteiger partial charge in [0, 0.05) is 12.1 Å². The zero-order valence-corrected chi connectivity index (χ0v) is 6.22. The van der Waals surface area contributed by atoms with E-state index in [9.17, 15) is 26.3 Å². The van der Waals surface area contributed by atoms with Crippen molar-refractivity contribution in [3.8, 4) is 0 Å². The lowest BCUT2D eigenvalue weighted by Crippen LogP contribution is -2.13. The molecule has 1 rings (SSSR count). The van der Waals surface area contributed by atoms with Crippen molar-refractivity contribution in [3.63, 3.8) is 0 Å². The molecule has 0 spiro atoms. The highest BCUT2D eigenvalue weighted by atomic mass is 19.4. The summed E-state index contributed by atoms with van der Waals surface area (Å²) in [7, 11) is 0. The summed E-state index contributed by atoms with van der Waals surface area (Å²) in [5, 5.41) is 0. The highest BCUT2D eigenvalue weighted by Gasteiger charge is 2.37. The van der Waals surface area contributed by atoms with Crippen LogP contribution < -0.4 is 0 Å². The van der Waals surface area contributed by atoms with E-state index in [1.54, 1.807) is 0 Å². The summed E-state index contributed by atoms with van der Waals surface area (Å²) in [6.07, 6.45) is -8.50. The molecule has 7 heteroatoms. The minimum absolute atomic E-state index is 1.08. The van der Waals surface area contributed by atoms with Crippen LogP contribution in [0.1, 0.15) is 11.3 Å². The molecule has 0 amide bonds. The normalized spacial score (nSPS) is 13.0. The zero-order chi connectivity index (χ0) is 11.0. The predicted octanol–water partition coefficient (Wildman–Crippen LogP) is 2.52. The molecule has 1 heterocycles. The third-order valence-electron chi connectivity index (χ3n) is 1.14. The molecule has 1 nitrogen and oxygen atoms in total. The van der Waals surface area contributed by atoms with Gasteiger partial charge in [0.1, 0.15) is 0 Å². The molecule has 0 saturated carbocycles. The Morgan fingerprint density at radius 1 is 0.929 bits per heavy atom. The summed E-state index contributed by atoms with van der Waals surface area (Å²) < 4.78 is 71.2. The maximum absolute atomic E-state index is 11.9. The largest absolute Gasteiger partial charge is 0.434 e. The Bertz CT molecular complexity index is 296. The number of aromatic nitrogens is 1. The fourth-order valence-electron chi connectivity index (χ4n) is 0.593. The molecule has 0 aromatic carbocycles. The van der Waals surface area contributed by atoms with Crippen LogP contribution in [0.4, 0.5) is 26.3 Å². The van der Waals surface area contributed by atoms with E-state index < -0.39 is 23.6 Å². The maximum atomic E-state index is 11.9. The van der Waals surface area contributed by atoms with E-state index in [0.717, 1.165) is 6.07 Å². The summed E-state index contributed by atoms with van der Waals surface area (Å²) in [5.41, 5.74) is -3.43. The second kappa shape index (κ2) is 3.14. The molecular weight excluding hydrogens is 212 g/mol. The van der Waals surface area contributed by atoms with E-state index in [0.29, 0.717) is 0 Å². The molecule has 0 saturated heterocycles. The van der Waals surface area contributed by atoms with Crippen LogP contribution >= 0.6 is 0 Å². The molecule has 0 aliphatic carbocycles. The van der Waals surface area contributed by atoms with Crippen molar-refractivity contribution in [3.05, 3.63) is 29.6 Å². The highest BCUT2D eigenvalue weighted by molar-refractivity contribution is 5.17. The number of nitrogens with zero attached hydrogens (tertiary/aromatic N) is 1. The van der Waals surface area contributed by atoms with Gasteiger partial charge in [0.25, 0.3) is 0 Å². The molecule has 14 heavy (non-hydrogen) atoms. The van der Waals surface area contributed by atoms with Crippen molar-refractivity contribution >= 4 is 0 Å². The number of alkyl halides is 6. The lowest BCUT2D eigenvalue weighted by Gasteiger charge is -2.08. The molecule has 0 bridgehead atoms. The summed E-state index contributed by atoms with van der Waals surface area (Å²) in [4.78, 5) is 2.56. The monoisotopic (exact) mass is 212 g/mol. The third-order valence-corrected chi connectivity index (χ3v) is 1.14. The number of hydrogen-bond acceptors (Lipinski definition) is 1. The van der Waals surface area contributed by atoms with Crippen LogP contribution in [-0.4, -0.2) is 4.98 Å². The van der Waals surface area contributed by atoms with Gasteiger partial charge in [-0.05, 0) is 0 Å².